The van der Waals surface area contributed by atoms with Crippen LogP contribution in [0.3, 0.4) is 0 Å². The van der Waals surface area contributed by atoms with Gasteiger partial charge in [-0.1, -0.05) is 13.8 Å². The molecule has 0 saturated heterocycles. The number of nitrogens with one attached hydrogen (secondary N) is 2. The zero-order chi connectivity index (χ0) is 20.7. The van der Waals surface area contributed by atoms with Crippen LogP contribution in [0.4, 0.5) is 10.5 Å². The first-order valence-electron chi connectivity index (χ1n) is 8.35. The van der Waals surface area contributed by atoms with Crippen LogP contribution in [0.1, 0.15) is 24.4 Å². The van der Waals surface area contributed by atoms with E-state index in [4.69, 9.17) is 9.15 Å². The van der Waals surface area contributed by atoms with Crippen molar-refractivity contribution in [3.63, 3.8) is 0 Å². The van der Waals surface area contributed by atoms with Gasteiger partial charge in [0.2, 0.25) is 5.76 Å². The number of nitrogens with zero attached hydrogens (tertiary/aromatic N) is 1. The smallest absolute Gasteiger partial charge is 0.374 e. The Morgan fingerprint density at radius 2 is 1.82 bits per heavy atom. The van der Waals surface area contributed by atoms with Gasteiger partial charge in [0.15, 0.2) is 6.61 Å². The van der Waals surface area contributed by atoms with E-state index in [1.165, 1.54) is 36.4 Å². The van der Waals surface area contributed by atoms with Crippen LogP contribution in [0.2, 0.25) is 0 Å². The molecule has 0 bridgehead atoms. The number of benzene rings is 1. The second-order valence-corrected chi connectivity index (χ2v) is 6.20. The first kappa shape index (κ1) is 20.6. The maximum absolute atomic E-state index is 12.0. The van der Waals surface area contributed by atoms with E-state index in [0.717, 1.165) is 0 Å². The maximum Gasteiger partial charge on any atom is 0.374 e. The Hall–Kier alpha value is -3.69. The second kappa shape index (κ2) is 9.31. The summed E-state index contributed by atoms with van der Waals surface area (Å²) in [5.41, 5.74) is 0.461. The van der Waals surface area contributed by atoms with Crippen LogP contribution in [-0.4, -0.2) is 36.0 Å². The number of amides is 3. The molecule has 10 nitrogen and oxygen atoms in total. The minimum absolute atomic E-state index is 0.0709. The van der Waals surface area contributed by atoms with Gasteiger partial charge in [-0.3, -0.25) is 20.2 Å². The van der Waals surface area contributed by atoms with E-state index >= 15 is 0 Å². The highest BCUT2D eigenvalue weighted by Gasteiger charge is 2.17. The fourth-order valence-electron chi connectivity index (χ4n) is 2.06. The van der Waals surface area contributed by atoms with Crippen molar-refractivity contribution in [2.75, 3.05) is 13.2 Å². The topological polar surface area (TPSA) is 141 Å². The number of imide groups is 1. The molecule has 0 fully saturated rings. The molecule has 1 heterocycles. The lowest BCUT2D eigenvalue weighted by Gasteiger charge is -2.08. The van der Waals surface area contributed by atoms with Gasteiger partial charge in [-0.2, -0.15) is 0 Å². The van der Waals surface area contributed by atoms with E-state index in [1.54, 1.807) is 0 Å². The molecular weight excluding hydrogens is 370 g/mol. The first-order valence-corrected chi connectivity index (χ1v) is 8.35. The monoisotopic (exact) mass is 389 g/mol. The maximum atomic E-state index is 12.0. The number of non-ortho nitro benzene ring substituents is 1. The molecule has 0 aliphatic carbocycles. The van der Waals surface area contributed by atoms with Crippen molar-refractivity contribution in [2.24, 2.45) is 5.92 Å². The molecule has 0 saturated carbocycles. The lowest BCUT2D eigenvalue weighted by molar-refractivity contribution is -0.384. The number of hydrogen-bond donors (Lipinski definition) is 2. The summed E-state index contributed by atoms with van der Waals surface area (Å²) in [4.78, 5) is 45.2. The summed E-state index contributed by atoms with van der Waals surface area (Å²) in [6.45, 7) is 3.55. The van der Waals surface area contributed by atoms with Gasteiger partial charge in [0.1, 0.15) is 5.76 Å². The Morgan fingerprint density at radius 3 is 2.43 bits per heavy atom. The molecule has 0 spiro atoms. The average molecular weight is 389 g/mol. The molecule has 0 aliphatic rings. The summed E-state index contributed by atoms with van der Waals surface area (Å²) in [6, 6.07) is 7.76. The molecule has 1 aromatic heterocycles. The van der Waals surface area contributed by atoms with Crippen LogP contribution in [0.15, 0.2) is 40.8 Å². The molecule has 1 aromatic carbocycles. The van der Waals surface area contributed by atoms with Crippen LogP contribution in [0.25, 0.3) is 11.3 Å². The summed E-state index contributed by atoms with van der Waals surface area (Å²) in [5, 5.41) is 15.2. The fourth-order valence-corrected chi connectivity index (χ4v) is 2.06. The minimum Gasteiger partial charge on any atom is -0.450 e. The highest BCUT2D eigenvalue weighted by atomic mass is 16.6. The number of carbonyl (C=O) groups is 3. The molecule has 0 unspecified atom stereocenters. The van der Waals surface area contributed by atoms with Crippen molar-refractivity contribution in [1.29, 1.82) is 0 Å². The fraction of sp³-hybridized carbons (Fsp3) is 0.278. The molecule has 2 rings (SSSR count). The number of nitro benzene ring substituents is 1. The standard InChI is InChI=1S/C18H19N3O7/c1-11(2)9-19-18(24)20-16(22)10-27-17(23)15-8-7-14(28-15)12-3-5-13(6-4-12)21(25)26/h3-8,11H,9-10H2,1-2H3,(H2,19,20,22,24). The Bertz CT molecular complexity index is 872. The molecule has 0 atom stereocenters. The van der Waals surface area contributed by atoms with Crippen LogP contribution >= 0.6 is 0 Å². The first-order chi connectivity index (χ1) is 13.3. The quantitative estimate of drug-likeness (QED) is 0.421. The minimum atomic E-state index is -0.883. The summed E-state index contributed by atoms with van der Waals surface area (Å²) in [6.07, 6.45) is 0. The van der Waals surface area contributed by atoms with Crippen LogP contribution < -0.4 is 10.6 Å². The van der Waals surface area contributed by atoms with Gasteiger partial charge in [-0.25, -0.2) is 9.59 Å². The van der Waals surface area contributed by atoms with Gasteiger partial charge in [0, 0.05) is 24.2 Å². The summed E-state index contributed by atoms with van der Waals surface area (Å²) in [7, 11) is 0. The highest BCUT2D eigenvalue weighted by Crippen LogP contribution is 2.24. The third kappa shape index (κ3) is 5.94. The van der Waals surface area contributed by atoms with Crippen LogP contribution in [-0.2, 0) is 9.53 Å². The number of ether oxygens (including phenoxy) is 1. The van der Waals surface area contributed by atoms with E-state index in [-0.39, 0.29) is 17.4 Å². The summed E-state index contributed by atoms with van der Waals surface area (Å²) < 4.78 is 10.2. The van der Waals surface area contributed by atoms with Crippen LogP contribution in [0, 0.1) is 16.0 Å². The van der Waals surface area contributed by atoms with Gasteiger partial charge in [-0.05, 0) is 30.2 Å². The predicted molar refractivity (Wildman–Crippen MR) is 97.5 cm³/mol. The van der Waals surface area contributed by atoms with Gasteiger partial charge in [0.05, 0.1) is 4.92 Å². The Labute approximate surface area is 160 Å². The molecule has 0 radical (unpaired) electrons. The normalized spacial score (nSPS) is 10.4. The average Bonchev–Trinajstić information content (AvgIpc) is 3.14. The number of esters is 1. The molecule has 28 heavy (non-hydrogen) atoms. The number of rotatable bonds is 7. The van der Waals surface area contributed by atoms with Gasteiger partial charge in [-0.15, -0.1) is 0 Å². The third-order valence-electron chi connectivity index (χ3n) is 3.43. The molecule has 3 amide bonds. The number of urea groups is 1. The Kier molecular flexibility index (Phi) is 6.85. The Balaban J connectivity index is 1.87. The van der Waals surface area contributed by atoms with Crippen molar-refractivity contribution in [3.8, 4) is 11.3 Å². The zero-order valence-electron chi connectivity index (χ0n) is 15.3. The van der Waals surface area contributed by atoms with Crippen molar-refractivity contribution >= 4 is 23.6 Å². The third-order valence-corrected chi connectivity index (χ3v) is 3.43. The lowest BCUT2D eigenvalue weighted by atomic mass is 10.1. The molecule has 148 valence electrons. The summed E-state index contributed by atoms with van der Waals surface area (Å²) in [5.74, 6) is -1.28. The van der Waals surface area contributed by atoms with Gasteiger partial charge in [0.25, 0.3) is 11.6 Å². The second-order valence-electron chi connectivity index (χ2n) is 6.20. The Morgan fingerprint density at radius 1 is 1.14 bits per heavy atom. The van der Waals surface area contributed by atoms with E-state index in [9.17, 15) is 24.5 Å². The number of nitro groups is 1. The highest BCUT2D eigenvalue weighted by molar-refractivity contribution is 5.96. The van der Waals surface area contributed by atoms with Gasteiger partial charge < -0.3 is 14.5 Å². The number of carbonyl (C=O) groups excluding carboxylic acids is 3. The van der Waals surface area contributed by atoms with Crippen molar-refractivity contribution in [3.05, 3.63) is 52.3 Å². The van der Waals surface area contributed by atoms with Crippen molar-refractivity contribution in [2.45, 2.75) is 13.8 Å². The molecule has 2 N–H and O–H groups in total. The number of furan rings is 1. The summed E-state index contributed by atoms with van der Waals surface area (Å²) >= 11 is 0. The lowest BCUT2D eigenvalue weighted by Crippen LogP contribution is -2.42. The zero-order valence-corrected chi connectivity index (χ0v) is 15.3. The SMILES string of the molecule is CC(C)CNC(=O)NC(=O)COC(=O)c1ccc(-c2ccc([N+](=O)[O-])cc2)o1. The van der Waals surface area contributed by atoms with E-state index in [2.05, 4.69) is 5.32 Å². The molecule has 10 heteroatoms. The van der Waals surface area contributed by atoms with Crippen molar-refractivity contribution in [1.82, 2.24) is 10.6 Å². The van der Waals surface area contributed by atoms with Crippen molar-refractivity contribution < 1.29 is 28.5 Å². The van der Waals surface area contributed by atoms with E-state index < -0.39 is 29.4 Å². The van der Waals surface area contributed by atoms with E-state index in [0.29, 0.717) is 17.9 Å². The molecule has 2 aromatic rings. The van der Waals surface area contributed by atoms with E-state index in [1.807, 2.05) is 19.2 Å². The number of hydrogen-bond acceptors (Lipinski definition) is 7. The van der Waals surface area contributed by atoms with Crippen LogP contribution in [0.5, 0.6) is 0 Å². The molecular formula is C18H19N3O7. The largest absolute Gasteiger partial charge is 0.450 e. The molecule has 0 aliphatic heterocycles. The van der Waals surface area contributed by atoms with Gasteiger partial charge >= 0.3 is 12.0 Å². The predicted octanol–water partition coefficient (Wildman–Crippen LogP) is 2.49.